The van der Waals surface area contributed by atoms with Crippen LogP contribution in [0.5, 0.6) is 0 Å². The predicted molar refractivity (Wildman–Crippen MR) is 60.1 cm³/mol. The highest BCUT2D eigenvalue weighted by molar-refractivity contribution is 4.61. The van der Waals surface area contributed by atoms with Crippen molar-refractivity contribution in [3.63, 3.8) is 0 Å². The van der Waals surface area contributed by atoms with E-state index in [2.05, 4.69) is 5.32 Å². The second-order valence-corrected chi connectivity index (χ2v) is 3.87. The van der Waals surface area contributed by atoms with Crippen molar-refractivity contribution in [2.75, 3.05) is 33.4 Å². The summed E-state index contributed by atoms with van der Waals surface area (Å²) >= 11 is 0. The third-order valence-electron chi connectivity index (χ3n) is 2.11. The van der Waals surface area contributed by atoms with Gasteiger partial charge in [-0.05, 0) is 19.4 Å². The molecular weight excluding hydrogens is 235 g/mol. The Labute approximate surface area is 101 Å². The monoisotopic (exact) mass is 257 g/mol. The van der Waals surface area contributed by atoms with Gasteiger partial charge in [0.15, 0.2) is 0 Å². The first-order chi connectivity index (χ1) is 7.99. The summed E-state index contributed by atoms with van der Waals surface area (Å²) in [5.74, 6) is 0. The lowest BCUT2D eigenvalue weighted by Crippen LogP contribution is -2.33. The van der Waals surface area contributed by atoms with Crippen LogP contribution >= 0.6 is 0 Å². The van der Waals surface area contributed by atoms with Gasteiger partial charge >= 0.3 is 6.18 Å². The van der Waals surface area contributed by atoms with E-state index in [0.717, 1.165) is 13.0 Å². The van der Waals surface area contributed by atoms with Gasteiger partial charge in [-0.15, -0.1) is 0 Å². The van der Waals surface area contributed by atoms with Crippen LogP contribution in [-0.2, 0) is 9.47 Å². The number of hydrogen-bond acceptors (Lipinski definition) is 3. The number of rotatable bonds is 10. The van der Waals surface area contributed by atoms with Crippen LogP contribution in [0.1, 0.15) is 26.2 Å². The summed E-state index contributed by atoms with van der Waals surface area (Å²) in [6.45, 7) is 4.02. The first kappa shape index (κ1) is 16.7. The predicted octanol–water partition coefficient (Wildman–Crippen LogP) is 2.36. The number of hydrogen-bond donors (Lipinski definition) is 1. The molecule has 104 valence electrons. The quantitative estimate of drug-likeness (QED) is 0.609. The van der Waals surface area contributed by atoms with E-state index in [-0.39, 0.29) is 19.1 Å². The first-order valence-corrected chi connectivity index (χ1v) is 5.87. The van der Waals surface area contributed by atoms with Crippen molar-refractivity contribution in [3.8, 4) is 0 Å². The van der Waals surface area contributed by atoms with Crippen molar-refractivity contribution in [3.05, 3.63) is 0 Å². The molecule has 0 aromatic rings. The normalized spacial score (nSPS) is 13.9. The van der Waals surface area contributed by atoms with Gasteiger partial charge in [0.05, 0.1) is 12.7 Å². The smallest absolute Gasteiger partial charge is 0.382 e. The number of halogens is 3. The van der Waals surface area contributed by atoms with Crippen molar-refractivity contribution < 1.29 is 22.6 Å². The lowest BCUT2D eigenvalue weighted by atomic mass is 10.3. The summed E-state index contributed by atoms with van der Waals surface area (Å²) in [5.41, 5.74) is 0. The fraction of sp³-hybridized carbons (Fsp3) is 1.00. The van der Waals surface area contributed by atoms with Gasteiger partial charge in [0.2, 0.25) is 0 Å². The molecule has 0 spiro atoms. The molecular formula is C11H22F3NO2. The zero-order valence-electron chi connectivity index (χ0n) is 10.5. The zero-order chi connectivity index (χ0) is 13.1. The Kier molecular flexibility index (Phi) is 9.49. The molecule has 0 rings (SSSR count). The number of alkyl halides is 3. The molecule has 0 aromatic carbocycles. The van der Waals surface area contributed by atoms with Crippen molar-refractivity contribution in [2.24, 2.45) is 0 Å². The van der Waals surface area contributed by atoms with Gasteiger partial charge in [0.25, 0.3) is 0 Å². The van der Waals surface area contributed by atoms with Gasteiger partial charge < -0.3 is 14.8 Å². The van der Waals surface area contributed by atoms with Crippen molar-refractivity contribution in [1.29, 1.82) is 0 Å². The highest BCUT2D eigenvalue weighted by Gasteiger charge is 2.26. The second-order valence-electron chi connectivity index (χ2n) is 3.87. The number of nitrogens with one attached hydrogen (secondary N) is 1. The zero-order valence-corrected chi connectivity index (χ0v) is 10.5. The minimum absolute atomic E-state index is 0.00249. The topological polar surface area (TPSA) is 30.5 Å². The van der Waals surface area contributed by atoms with Gasteiger partial charge in [0, 0.05) is 26.7 Å². The summed E-state index contributed by atoms with van der Waals surface area (Å²) in [4.78, 5) is 0. The van der Waals surface area contributed by atoms with Crippen LogP contribution in [0.3, 0.4) is 0 Å². The molecule has 0 bridgehead atoms. The average Bonchev–Trinajstić information content (AvgIpc) is 2.23. The molecule has 0 aliphatic heterocycles. The molecule has 0 fully saturated rings. The average molecular weight is 257 g/mol. The van der Waals surface area contributed by atoms with Crippen LogP contribution in [0.4, 0.5) is 13.2 Å². The third kappa shape index (κ3) is 11.9. The molecule has 0 aliphatic carbocycles. The summed E-state index contributed by atoms with van der Waals surface area (Å²) in [6, 6.07) is 0. The van der Waals surface area contributed by atoms with Crippen LogP contribution in [0.2, 0.25) is 0 Å². The summed E-state index contributed by atoms with van der Waals surface area (Å²) < 4.78 is 45.9. The maximum absolute atomic E-state index is 11.9. The van der Waals surface area contributed by atoms with E-state index >= 15 is 0 Å². The molecule has 1 N–H and O–H groups in total. The van der Waals surface area contributed by atoms with E-state index in [1.165, 1.54) is 0 Å². The second kappa shape index (κ2) is 9.67. The highest BCUT2D eigenvalue weighted by Crippen LogP contribution is 2.21. The standard InChI is InChI=1S/C11H22F3NO2/c1-3-6-15-8-10(9-16-2)17-7-4-5-11(12,13)14/h10,15H,3-9H2,1-2H3. The highest BCUT2D eigenvalue weighted by atomic mass is 19.4. The molecule has 0 saturated heterocycles. The lowest BCUT2D eigenvalue weighted by molar-refractivity contribution is -0.139. The van der Waals surface area contributed by atoms with Gasteiger partial charge in [-0.2, -0.15) is 13.2 Å². The lowest BCUT2D eigenvalue weighted by Gasteiger charge is -2.18. The molecule has 0 aliphatic rings. The van der Waals surface area contributed by atoms with Crippen LogP contribution in [-0.4, -0.2) is 45.7 Å². The Morgan fingerprint density at radius 3 is 2.53 bits per heavy atom. The van der Waals surface area contributed by atoms with E-state index in [0.29, 0.717) is 13.2 Å². The fourth-order valence-corrected chi connectivity index (χ4v) is 1.31. The minimum atomic E-state index is -4.10. The van der Waals surface area contributed by atoms with E-state index in [4.69, 9.17) is 9.47 Å². The van der Waals surface area contributed by atoms with E-state index < -0.39 is 12.6 Å². The van der Waals surface area contributed by atoms with Crippen LogP contribution in [0.15, 0.2) is 0 Å². The van der Waals surface area contributed by atoms with Crippen LogP contribution in [0, 0.1) is 0 Å². The minimum Gasteiger partial charge on any atom is -0.382 e. The van der Waals surface area contributed by atoms with Crippen LogP contribution in [0.25, 0.3) is 0 Å². The molecule has 0 aromatic heterocycles. The Hall–Kier alpha value is -0.330. The Morgan fingerprint density at radius 1 is 1.29 bits per heavy atom. The molecule has 0 amide bonds. The maximum Gasteiger partial charge on any atom is 0.389 e. The maximum atomic E-state index is 11.9. The molecule has 0 heterocycles. The number of ether oxygens (including phenoxy) is 2. The van der Waals surface area contributed by atoms with E-state index in [9.17, 15) is 13.2 Å². The van der Waals surface area contributed by atoms with Gasteiger partial charge in [0.1, 0.15) is 0 Å². The van der Waals surface area contributed by atoms with Crippen molar-refractivity contribution in [1.82, 2.24) is 5.32 Å². The van der Waals surface area contributed by atoms with Crippen molar-refractivity contribution >= 4 is 0 Å². The van der Waals surface area contributed by atoms with E-state index in [1.807, 2.05) is 6.92 Å². The summed E-state index contributed by atoms with van der Waals surface area (Å²) in [6.07, 6.45) is -4.07. The third-order valence-corrected chi connectivity index (χ3v) is 2.11. The van der Waals surface area contributed by atoms with Gasteiger partial charge in [-0.3, -0.25) is 0 Å². The molecule has 1 unspecified atom stereocenters. The summed E-state index contributed by atoms with van der Waals surface area (Å²) in [7, 11) is 1.55. The fourth-order valence-electron chi connectivity index (χ4n) is 1.31. The Morgan fingerprint density at radius 2 is 2.00 bits per heavy atom. The number of methoxy groups -OCH3 is 1. The Balaban J connectivity index is 3.61. The molecule has 17 heavy (non-hydrogen) atoms. The molecule has 1 atom stereocenters. The van der Waals surface area contributed by atoms with Crippen molar-refractivity contribution in [2.45, 2.75) is 38.5 Å². The molecule has 3 nitrogen and oxygen atoms in total. The van der Waals surface area contributed by atoms with Crippen LogP contribution < -0.4 is 5.32 Å². The van der Waals surface area contributed by atoms with Gasteiger partial charge in [-0.1, -0.05) is 6.92 Å². The molecule has 0 radical (unpaired) electrons. The molecule has 0 saturated carbocycles. The largest absolute Gasteiger partial charge is 0.389 e. The van der Waals surface area contributed by atoms with E-state index in [1.54, 1.807) is 7.11 Å². The van der Waals surface area contributed by atoms with Gasteiger partial charge in [-0.25, -0.2) is 0 Å². The Bertz CT molecular complexity index is 177. The summed E-state index contributed by atoms with van der Waals surface area (Å²) in [5, 5.41) is 3.15. The first-order valence-electron chi connectivity index (χ1n) is 5.87. The SMILES string of the molecule is CCCNCC(COC)OCCCC(F)(F)F. The molecule has 6 heteroatoms.